The molecule has 1 N–H and O–H groups in total. The maximum atomic E-state index is 3.81. The van der Waals surface area contributed by atoms with Gasteiger partial charge in [0.15, 0.2) is 0 Å². The first-order chi connectivity index (χ1) is 8.38. The fraction of sp³-hybridized carbons (Fsp3) is 1.00. The second kappa shape index (κ2) is 7.41. The van der Waals surface area contributed by atoms with Crippen molar-refractivity contribution >= 4 is 0 Å². The smallest absolute Gasteiger partial charge is 0.00672 e. The zero-order chi connectivity index (χ0) is 11.9. The van der Waals surface area contributed by atoms with E-state index in [9.17, 15) is 0 Å². The maximum Gasteiger partial charge on any atom is 0.00672 e. The average molecular weight is 237 g/mol. The Morgan fingerprint density at radius 3 is 2.12 bits per heavy atom. The van der Waals surface area contributed by atoms with Gasteiger partial charge in [-0.3, -0.25) is 0 Å². The molecule has 17 heavy (non-hydrogen) atoms. The molecular formula is C16H31N. The third-order valence-corrected chi connectivity index (χ3v) is 5.00. The first-order valence-corrected chi connectivity index (χ1v) is 8.12. The van der Waals surface area contributed by atoms with Gasteiger partial charge < -0.3 is 5.32 Å². The molecule has 2 rings (SSSR count). The van der Waals surface area contributed by atoms with Gasteiger partial charge in [0.25, 0.3) is 0 Å². The lowest BCUT2D eigenvalue weighted by Crippen LogP contribution is -2.34. The van der Waals surface area contributed by atoms with Crippen molar-refractivity contribution in [1.82, 2.24) is 5.32 Å². The van der Waals surface area contributed by atoms with Crippen LogP contribution >= 0.6 is 0 Å². The molecule has 0 heterocycles. The molecule has 0 atom stereocenters. The molecule has 1 nitrogen and oxygen atoms in total. The lowest BCUT2D eigenvalue weighted by atomic mass is 9.83. The summed E-state index contributed by atoms with van der Waals surface area (Å²) >= 11 is 0. The van der Waals surface area contributed by atoms with E-state index in [1.54, 1.807) is 0 Å². The summed E-state index contributed by atoms with van der Waals surface area (Å²) in [6.45, 7) is 3.61. The molecule has 0 unspecified atom stereocenters. The van der Waals surface area contributed by atoms with Crippen molar-refractivity contribution in [3.8, 4) is 0 Å². The van der Waals surface area contributed by atoms with Crippen molar-refractivity contribution in [2.45, 2.75) is 83.6 Å². The lowest BCUT2D eigenvalue weighted by molar-refractivity contribution is 0.274. The Hall–Kier alpha value is -0.0400. The molecule has 2 saturated carbocycles. The Kier molecular flexibility index (Phi) is 5.84. The summed E-state index contributed by atoms with van der Waals surface area (Å²) in [6.07, 6.45) is 16.1. The summed E-state index contributed by atoms with van der Waals surface area (Å²) in [5.41, 5.74) is 0. The number of rotatable bonds is 6. The average Bonchev–Trinajstić information content (AvgIpc) is 2.85. The van der Waals surface area contributed by atoms with E-state index in [-0.39, 0.29) is 0 Å². The van der Waals surface area contributed by atoms with E-state index in [0.29, 0.717) is 0 Å². The van der Waals surface area contributed by atoms with Gasteiger partial charge in [-0.1, -0.05) is 45.4 Å². The Morgan fingerprint density at radius 1 is 0.824 bits per heavy atom. The van der Waals surface area contributed by atoms with E-state index in [0.717, 1.165) is 17.9 Å². The normalized spacial score (nSPS) is 30.9. The predicted molar refractivity (Wildman–Crippen MR) is 75.2 cm³/mol. The van der Waals surface area contributed by atoms with Crippen LogP contribution in [0, 0.1) is 11.8 Å². The Morgan fingerprint density at radius 2 is 1.47 bits per heavy atom. The monoisotopic (exact) mass is 237 g/mol. The highest BCUT2D eigenvalue weighted by Gasteiger charge is 2.20. The zero-order valence-corrected chi connectivity index (χ0v) is 11.7. The van der Waals surface area contributed by atoms with Gasteiger partial charge in [-0.05, 0) is 50.5 Å². The molecule has 0 aliphatic heterocycles. The van der Waals surface area contributed by atoms with Gasteiger partial charge in [-0.2, -0.15) is 0 Å². The van der Waals surface area contributed by atoms with Gasteiger partial charge in [0, 0.05) is 6.04 Å². The highest BCUT2D eigenvalue weighted by molar-refractivity contribution is 4.77. The summed E-state index contributed by atoms with van der Waals surface area (Å²) in [5.74, 6) is 2.10. The Balaban J connectivity index is 1.52. The van der Waals surface area contributed by atoms with E-state index in [1.165, 1.54) is 77.2 Å². The molecule has 2 aliphatic rings. The van der Waals surface area contributed by atoms with Crippen molar-refractivity contribution in [1.29, 1.82) is 0 Å². The fourth-order valence-electron chi connectivity index (χ4n) is 3.85. The predicted octanol–water partition coefficient (Wildman–Crippen LogP) is 4.52. The van der Waals surface area contributed by atoms with Crippen molar-refractivity contribution in [3.63, 3.8) is 0 Å². The lowest BCUT2D eigenvalue weighted by Gasteiger charge is -2.29. The molecule has 0 spiro atoms. The van der Waals surface area contributed by atoms with Crippen LogP contribution in [0.15, 0.2) is 0 Å². The first-order valence-electron chi connectivity index (χ1n) is 8.12. The third kappa shape index (κ3) is 4.62. The van der Waals surface area contributed by atoms with Gasteiger partial charge in [0.1, 0.15) is 0 Å². The van der Waals surface area contributed by atoms with Gasteiger partial charge >= 0.3 is 0 Å². The molecular weight excluding hydrogens is 206 g/mol. The number of hydrogen-bond donors (Lipinski definition) is 1. The van der Waals surface area contributed by atoms with Crippen LogP contribution in [0.2, 0.25) is 0 Å². The zero-order valence-electron chi connectivity index (χ0n) is 11.7. The SMILES string of the molecule is CCCC1CCC(NCCC2CCCC2)CC1. The second-order valence-corrected chi connectivity index (χ2v) is 6.40. The number of nitrogens with one attached hydrogen (secondary N) is 1. The Labute approximate surface area is 108 Å². The summed E-state index contributed by atoms with van der Waals surface area (Å²) in [4.78, 5) is 0. The molecule has 2 fully saturated rings. The van der Waals surface area contributed by atoms with E-state index in [2.05, 4.69) is 12.2 Å². The van der Waals surface area contributed by atoms with Gasteiger partial charge in [-0.25, -0.2) is 0 Å². The van der Waals surface area contributed by atoms with E-state index in [1.807, 2.05) is 0 Å². The van der Waals surface area contributed by atoms with Crippen molar-refractivity contribution in [3.05, 3.63) is 0 Å². The molecule has 0 amide bonds. The summed E-state index contributed by atoms with van der Waals surface area (Å²) in [5, 5.41) is 3.81. The van der Waals surface area contributed by atoms with Gasteiger partial charge in [0.05, 0.1) is 0 Å². The highest BCUT2D eigenvalue weighted by Crippen LogP contribution is 2.29. The topological polar surface area (TPSA) is 12.0 Å². The molecule has 2 aliphatic carbocycles. The van der Waals surface area contributed by atoms with Crippen LogP contribution in [0.4, 0.5) is 0 Å². The molecule has 1 heteroatoms. The van der Waals surface area contributed by atoms with E-state index in [4.69, 9.17) is 0 Å². The van der Waals surface area contributed by atoms with Crippen LogP contribution in [-0.2, 0) is 0 Å². The molecule has 0 aromatic carbocycles. The molecule has 100 valence electrons. The number of hydrogen-bond acceptors (Lipinski definition) is 1. The minimum atomic E-state index is 0.851. The van der Waals surface area contributed by atoms with Crippen LogP contribution in [-0.4, -0.2) is 12.6 Å². The Bertz CT molecular complexity index is 188. The quantitative estimate of drug-likeness (QED) is 0.716. The molecule has 0 bridgehead atoms. The fourth-order valence-corrected chi connectivity index (χ4v) is 3.85. The van der Waals surface area contributed by atoms with E-state index >= 15 is 0 Å². The standard InChI is InChI=1S/C16H31N/c1-2-5-14-8-10-16(11-9-14)17-13-12-15-6-3-4-7-15/h14-17H,2-13H2,1H3. The maximum absolute atomic E-state index is 3.81. The first kappa shape index (κ1) is 13.4. The van der Waals surface area contributed by atoms with E-state index < -0.39 is 0 Å². The largest absolute Gasteiger partial charge is 0.314 e. The molecule has 0 aromatic heterocycles. The summed E-state index contributed by atoms with van der Waals surface area (Å²) in [6, 6.07) is 0.851. The van der Waals surface area contributed by atoms with Crippen LogP contribution in [0.3, 0.4) is 0 Å². The van der Waals surface area contributed by atoms with Crippen molar-refractivity contribution in [2.75, 3.05) is 6.54 Å². The molecule has 0 aromatic rings. The minimum absolute atomic E-state index is 0.851. The van der Waals surface area contributed by atoms with Gasteiger partial charge in [-0.15, -0.1) is 0 Å². The van der Waals surface area contributed by atoms with Crippen LogP contribution in [0.25, 0.3) is 0 Å². The molecule has 0 saturated heterocycles. The summed E-state index contributed by atoms with van der Waals surface area (Å²) < 4.78 is 0. The third-order valence-electron chi connectivity index (χ3n) is 5.00. The van der Waals surface area contributed by atoms with Crippen LogP contribution in [0.1, 0.15) is 77.6 Å². The molecule has 0 radical (unpaired) electrons. The van der Waals surface area contributed by atoms with Crippen LogP contribution in [0.5, 0.6) is 0 Å². The van der Waals surface area contributed by atoms with Gasteiger partial charge in [0.2, 0.25) is 0 Å². The van der Waals surface area contributed by atoms with Crippen LogP contribution < -0.4 is 5.32 Å². The van der Waals surface area contributed by atoms with Crippen molar-refractivity contribution in [2.24, 2.45) is 11.8 Å². The highest BCUT2D eigenvalue weighted by atomic mass is 14.9. The minimum Gasteiger partial charge on any atom is -0.314 e. The summed E-state index contributed by atoms with van der Waals surface area (Å²) in [7, 11) is 0. The van der Waals surface area contributed by atoms with Crippen molar-refractivity contribution < 1.29 is 0 Å². The second-order valence-electron chi connectivity index (χ2n) is 6.40.